The first-order chi connectivity index (χ1) is 6.24. The minimum atomic E-state index is 0.821. The Bertz CT molecular complexity index is 473. The van der Waals surface area contributed by atoms with Crippen molar-refractivity contribution in [3.63, 3.8) is 0 Å². The summed E-state index contributed by atoms with van der Waals surface area (Å²) in [5.41, 5.74) is 1.07. The molecule has 1 nitrogen and oxygen atoms in total. The van der Waals surface area contributed by atoms with E-state index in [0.29, 0.717) is 0 Å². The van der Waals surface area contributed by atoms with E-state index in [4.69, 9.17) is 0 Å². The summed E-state index contributed by atoms with van der Waals surface area (Å²) in [7, 11) is 0. The fourth-order valence-corrected chi connectivity index (χ4v) is 3.23. The maximum atomic E-state index is 10.7. The molecule has 0 unspecified atom stereocenters. The maximum Gasteiger partial charge on any atom is 0.160 e. The fraction of sp³-hybridized carbons (Fsp3) is 0.100. The van der Waals surface area contributed by atoms with Crippen molar-refractivity contribution in [2.75, 3.05) is 0 Å². The van der Waals surface area contributed by atoms with Crippen LogP contribution in [-0.2, 0) is 0 Å². The number of halogens is 1. The van der Waals surface area contributed by atoms with Crippen molar-refractivity contribution in [3.8, 4) is 0 Å². The minimum absolute atomic E-state index is 0.821. The highest BCUT2D eigenvalue weighted by Gasteiger charge is 2.09. The maximum absolute atomic E-state index is 10.7. The van der Waals surface area contributed by atoms with Crippen molar-refractivity contribution in [3.05, 3.63) is 33.1 Å². The van der Waals surface area contributed by atoms with Gasteiger partial charge in [0.05, 0.1) is 4.88 Å². The first kappa shape index (κ1) is 8.91. The van der Waals surface area contributed by atoms with E-state index in [1.807, 2.05) is 25.1 Å². The van der Waals surface area contributed by atoms with Crippen LogP contribution in [0.4, 0.5) is 0 Å². The predicted octanol–water partition coefficient (Wildman–Crippen LogP) is 3.78. The Balaban J connectivity index is 2.92. The molecule has 66 valence electrons. The molecule has 0 saturated heterocycles. The van der Waals surface area contributed by atoms with Crippen molar-refractivity contribution in [2.24, 2.45) is 0 Å². The molecular formula is C10H7BrOS. The van der Waals surface area contributed by atoms with Crippen molar-refractivity contribution in [2.45, 2.75) is 6.92 Å². The third-order valence-electron chi connectivity index (χ3n) is 2.05. The Kier molecular flexibility index (Phi) is 2.22. The number of hydrogen-bond acceptors (Lipinski definition) is 2. The van der Waals surface area contributed by atoms with Crippen LogP contribution in [0.15, 0.2) is 22.7 Å². The Morgan fingerprint density at radius 1 is 1.46 bits per heavy atom. The van der Waals surface area contributed by atoms with Gasteiger partial charge in [0.2, 0.25) is 0 Å². The summed E-state index contributed by atoms with van der Waals surface area (Å²) in [6.07, 6.45) is 0.923. The molecule has 0 aliphatic heterocycles. The van der Waals surface area contributed by atoms with Crippen molar-refractivity contribution >= 4 is 43.6 Å². The number of carbonyl (C=O) groups excluding carboxylic acids is 1. The molecule has 0 aliphatic rings. The summed E-state index contributed by atoms with van der Waals surface area (Å²) in [6, 6.07) is 6.01. The quantitative estimate of drug-likeness (QED) is 0.708. The minimum Gasteiger partial charge on any atom is -0.297 e. The topological polar surface area (TPSA) is 17.1 Å². The van der Waals surface area contributed by atoms with Gasteiger partial charge in [-0.25, -0.2) is 0 Å². The number of thiophene rings is 1. The summed E-state index contributed by atoms with van der Waals surface area (Å²) in [5.74, 6) is 0. The van der Waals surface area contributed by atoms with Crippen LogP contribution in [0, 0.1) is 6.92 Å². The summed E-state index contributed by atoms with van der Waals surface area (Å²) >= 11 is 5.02. The molecule has 1 aromatic carbocycles. The van der Waals surface area contributed by atoms with Gasteiger partial charge in [-0.1, -0.05) is 22.0 Å². The SMILES string of the molecule is Cc1c(C=O)sc2cccc(Br)c12. The third-order valence-corrected chi connectivity index (χ3v) is 3.89. The average molecular weight is 255 g/mol. The van der Waals surface area contributed by atoms with Gasteiger partial charge in [0.15, 0.2) is 6.29 Å². The van der Waals surface area contributed by atoms with Gasteiger partial charge in [-0.15, -0.1) is 11.3 Å². The molecule has 3 heteroatoms. The average Bonchev–Trinajstić information content (AvgIpc) is 2.44. The lowest BCUT2D eigenvalue weighted by atomic mass is 10.1. The molecule has 0 amide bonds. The molecule has 1 heterocycles. The van der Waals surface area contributed by atoms with Gasteiger partial charge >= 0.3 is 0 Å². The van der Waals surface area contributed by atoms with Crippen LogP contribution in [0.5, 0.6) is 0 Å². The summed E-state index contributed by atoms with van der Waals surface area (Å²) in [4.78, 5) is 11.5. The summed E-state index contributed by atoms with van der Waals surface area (Å²) in [5, 5.41) is 1.16. The zero-order chi connectivity index (χ0) is 9.42. The van der Waals surface area contributed by atoms with Crippen LogP contribution in [0.25, 0.3) is 10.1 Å². The first-order valence-electron chi connectivity index (χ1n) is 3.87. The zero-order valence-electron chi connectivity index (χ0n) is 7.00. The van der Waals surface area contributed by atoms with Crippen LogP contribution in [-0.4, -0.2) is 6.29 Å². The Morgan fingerprint density at radius 2 is 2.23 bits per heavy atom. The second-order valence-corrected chi connectivity index (χ2v) is 4.76. The highest BCUT2D eigenvalue weighted by Crippen LogP contribution is 2.34. The third kappa shape index (κ3) is 1.32. The fourth-order valence-electron chi connectivity index (χ4n) is 1.38. The van der Waals surface area contributed by atoms with Gasteiger partial charge in [-0.05, 0) is 24.6 Å². The lowest BCUT2D eigenvalue weighted by molar-refractivity contribution is 0.112. The molecule has 0 aliphatic carbocycles. The van der Waals surface area contributed by atoms with Gasteiger partial charge in [0, 0.05) is 14.6 Å². The molecule has 0 fully saturated rings. The zero-order valence-corrected chi connectivity index (χ0v) is 9.41. The standard InChI is InChI=1S/C10H7BrOS/c1-6-9(5-12)13-8-4-2-3-7(11)10(6)8/h2-5H,1H3. The van der Waals surface area contributed by atoms with E-state index < -0.39 is 0 Å². The van der Waals surface area contributed by atoms with Gasteiger partial charge < -0.3 is 0 Å². The van der Waals surface area contributed by atoms with Crippen molar-refractivity contribution < 1.29 is 4.79 Å². The smallest absolute Gasteiger partial charge is 0.160 e. The van der Waals surface area contributed by atoms with Gasteiger partial charge in [0.1, 0.15) is 0 Å². The number of hydrogen-bond donors (Lipinski definition) is 0. The first-order valence-corrected chi connectivity index (χ1v) is 5.48. The number of fused-ring (bicyclic) bond motifs is 1. The normalized spacial score (nSPS) is 10.6. The van der Waals surface area contributed by atoms with Gasteiger partial charge in [-0.2, -0.15) is 0 Å². The van der Waals surface area contributed by atoms with E-state index in [1.54, 1.807) is 0 Å². The van der Waals surface area contributed by atoms with E-state index >= 15 is 0 Å². The number of rotatable bonds is 1. The Hall–Kier alpha value is -0.670. The number of carbonyl (C=O) groups is 1. The van der Waals surface area contributed by atoms with Crippen LogP contribution < -0.4 is 0 Å². The molecular weight excluding hydrogens is 248 g/mol. The molecule has 2 rings (SSSR count). The molecule has 0 radical (unpaired) electrons. The lowest BCUT2D eigenvalue weighted by Crippen LogP contribution is -1.76. The number of aryl methyl sites for hydroxylation is 1. The van der Waals surface area contributed by atoms with Gasteiger partial charge in [-0.3, -0.25) is 4.79 Å². The van der Waals surface area contributed by atoms with E-state index in [2.05, 4.69) is 15.9 Å². The summed E-state index contributed by atoms with van der Waals surface area (Å²) < 4.78 is 2.22. The van der Waals surface area contributed by atoms with E-state index in [1.165, 1.54) is 11.3 Å². The highest BCUT2D eigenvalue weighted by atomic mass is 79.9. The van der Waals surface area contributed by atoms with Crippen LogP contribution in [0.1, 0.15) is 15.2 Å². The molecule has 0 spiro atoms. The van der Waals surface area contributed by atoms with Crippen LogP contribution >= 0.6 is 27.3 Å². The van der Waals surface area contributed by atoms with Crippen LogP contribution in [0.3, 0.4) is 0 Å². The molecule has 0 saturated carbocycles. The van der Waals surface area contributed by atoms with Crippen LogP contribution in [0.2, 0.25) is 0 Å². The second-order valence-electron chi connectivity index (χ2n) is 2.82. The molecule has 1 aromatic heterocycles. The lowest BCUT2D eigenvalue weighted by Gasteiger charge is -1.94. The van der Waals surface area contributed by atoms with Gasteiger partial charge in [0.25, 0.3) is 0 Å². The van der Waals surface area contributed by atoms with Crippen molar-refractivity contribution in [1.29, 1.82) is 0 Å². The Morgan fingerprint density at radius 3 is 2.85 bits per heavy atom. The van der Waals surface area contributed by atoms with E-state index in [-0.39, 0.29) is 0 Å². The monoisotopic (exact) mass is 254 g/mol. The van der Waals surface area contributed by atoms with E-state index in [9.17, 15) is 4.79 Å². The predicted molar refractivity (Wildman–Crippen MR) is 59.6 cm³/mol. The summed E-state index contributed by atoms with van der Waals surface area (Å²) in [6.45, 7) is 1.98. The molecule has 0 bridgehead atoms. The van der Waals surface area contributed by atoms with Crippen molar-refractivity contribution in [1.82, 2.24) is 0 Å². The largest absolute Gasteiger partial charge is 0.297 e. The highest BCUT2D eigenvalue weighted by molar-refractivity contribution is 9.10. The molecule has 2 aromatic rings. The molecule has 13 heavy (non-hydrogen) atoms. The Labute approximate surface area is 88.5 Å². The van der Waals surface area contributed by atoms with E-state index in [0.717, 1.165) is 31.3 Å². The second kappa shape index (κ2) is 3.24. The number of benzene rings is 1. The molecule has 0 N–H and O–H groups in total. The molecule has 0 atom stereocenters. The number of aldehydes is 1.